The fourth-order valence-electron chi connectivity index (χ4n) is 1.23. The number of hydrogen-bond donors (Lipinski definition) is 1. The van der Waals surface area contributed by atoms with Crippen LogP contribution in [0.3, 0.4) is 0 Å². The minimum absolute atomic E-state index is 0.672. The molecule has 1 aliphatic heterocycles. The van der Waals surface area contributed by atoms with E-state index in [9.17, 15) is 0 Å². The second kappa shape index (κ2) is 2.88. The molecule has 60 valence electrons. The standard InChI is InChI=1S/C8H10ClNO/c9-7-1-2-10-8(7)3-6-4-11-5-6/h1-2,6,10H,3-5H2. The van der Waals surface area contributed by atoms with E-state index in [1.807, 2.05) is 12.3 Å². The zero-order valence-corrected chi connectivity index (χ0v) is 6.90. The van der Waals surface area contributed by atoms with Crippen molar-refractivity contribution in [3.8, 4) is 0 Å². The second-order valence-electron chi connectivity index (χ2n) is 2.91. The van der Waals surface area contributed by atoms with Crippen molar-refractivity contribution >= 4 is 11.6 Å². The third-order valence-corrected chi connectivity index (χ3v) is 2.33. The number of nitrogens with one attached hydrogen (secondary N) is 1. The van der Waals surface area contributed by atoms with Crippen molar-refractivity contribution in [3.05, 3.63) is 23.0 Å². The summed E-state index contributed by atoms with van der Waals surface area (Å²) >= 11 is 5.89. The van der Waals surface area contributed by atoms with Gasteiger partial charge in [-0.3, -0.25) is 0 Å². The van der Waals surface area contributed by atoms with E-state index in [2.05, 4.69) is 4.98 Å². The van der Waals surface area contributed by atoms with Gasteiger partial charge in [0.2, 0.25) is 0 Å². The van der Waals surface area contributed by atoms with E-state index in [0.29, 0.717) is 5.92 Å². The predicted molar refractivity (Wildman–Crippen MR) is 43.8 cm³/mol. The summed E-state index contributed by atoms with van der Waals surface area (Å²) < 4.78 is 5.07. The molecule has 1 N–H and O–H groups in total. The average Bonchev–Trinajstić information content (AvgIpc) is 2.27. The Morgan fingerprint density at radius 1 is 1.64 bits per heavy atom. The van der Waals surface area contributed by atoms with Gasteiger partial charge in [-0.2, -0.15) is 0 Å². The first-order chi connectivity index (χ1) is 5.36. The molecular formula is C8H10ClNO. The molecular weight excluding hydrogens is 162 g/mol. The van der Waals surface area contributed by atoms with Gasteiger partial charge in [0.1, 0.15) is 0 Å². The Hall–Kier alpha value is -0.470. The third kappa shape index (κ3) is 1.42. The molecule has 1 aromatic heterocycles. The Morgan fingerprint density at radius 2 is 2.45 bits per heavy atom. The minimum Gasteiger partial charge on any atom is -0.381 e. The summed E-state index contributed by atoms with van der Waals surface area (Å²) in [6.45, 7) is 1.77. The summed E-state index contributed by atoms with van der Waals surface area (Å²) in [5.41, 5.74) is 1.14. The zero-order valence-electron chi connectivity index (χ0n) is 6.14. The summed E-state index contributed by atoms with van der Waals surface area (Å²) in [6, 6.07) is 1.89. The van der Waals surface area contributed by atoms with Crippen molar-refractivity contribution in [1.82, 2.24) is 4.98 Å². The van der Waals surface area contributed by atoms with Crippen molar-refractivity contribution in [3.63, 3.8) is 0 Å². The SMILES string of the molecule is Clc1cc[nH]c1CC1COC1. The van der Waals surface area contributed by atoms with E-state index in [1.165, 1.54) is 0 Å². The highest BCUT2D eigenvalue weighted by atomic mass is 35.5. The van der Waals surface area contributed by atoms with E-state index in [4.69, 9.17) is 16.3 Å². The molecule has 1 fully saturated rings. The molecule has 0 radical (unpaired) electrons. The van der Waals surface area contributed by atoms with Crippen LogP contribution in [0.15, 0.2) is 12.3 Å². The van der Waals surface area contributed by atoms with Crippen LogP contribution in [0.1, 0.15) is 5.69 Å². The van der Waals surface area contributed by atoms with Gasteiger partial charge in [0.25, 0.3) is 0 Å². The first-order valence-corrected chi connectivity index (χ1v) is 4.13. The lowest BCUT2D eigenvalue weighted by Gasteiger charge is -2.25. The van der Waals surface area contributed by atoms with Gasteiger partial charge in [0.05, 0.1) is 18.2 Å². The van der Waals surface area contributed by atoms with Crippen LogP contribution in [-0.4, -0.2) is 18.2 Å². The number of halogens is 1. The van der Waals surface area contributed by atoms with Crippen LogP contribution in [0.4, 0.5) is 0 Å². The summed E-state index contributed by atoms with van der Waals surface area (Å²) in [5, 5.41) is 0.844. The van der Waals surface area contributed by atoms with Gasteiger partial charge >= 0.3 is 0 Å². The van der Waals surface area contributed by atoms with Crippen molar-refractivity contribution in [2.45, 2.75) is 6.42 Å². The maximum atomic E-state index is 5.89. The van der Waals surface area contributed by atoms with Crippen LogP contribution < -0.4 is 0 Å². The Labute approximate surface area is 70.5 Å². The lowest BCUT2D eigenvalue weighted by atomic mass is 10.0. The number of aromatic nitrogens is 1. The lowest BCUT2D eigenvalue weighted by Crippen LogP contribution is -2.29. The molecule has 0 bridgehead atoms. The number of ether oxygens (including phenoxy) is 1. The average molecular weight is 172 g/mol. The van der Waals surface area contributed by atoms with Crippen LogP contribution in [0, 0.1) is 5.92 Å². The summed E-state index contributed by atoms with van der Waals surface area (Å²) in [7, 11) is 0. The fraction of sp³-hybridized carbons (Fsp3) is 0.500. The molecule has 1 aliphatic rings. The fourth-order valence-corrected chi connectivity index (χ4v) is 1.43. The van der Waals surface area contributed by atoms with Gasteiger partial charge in [-0.05, 0) is 12.5 Å². The monoisotopic (exact) mass is 171 g/mol. The van der Waals surface area contributed by atoms with Crippen molar-refractivity contribution in [1.29, 1.82) is 0 Å². The Morgan fingerprint density at radius 3 is 2.91 bits per heavy atom. The first kappa shape index (κ1) is 7.19. The van der Waals surface area contributed by atoms with Crippen molar-refractivity contribution < 1.29 is 4.74 Å². The molecule has 0 saturated carbocycles. The normalized spacial score (nSPS) is 18.3. The summed E-state index contributed by atoms with van der Waals surface area (Å²) in [5.74, 6) is 0.672. The van der Waals surface area contributed by atoms with Gasteiger partial charge in [0.15, 0.2) is 0 Å². The van der Waals surface area contributed by atoms with Gasteiger partial charge in [-0.1, -0.05) is 11.6 Å². The minimum atomic E-state index is 0.672. The molecule has 0 aromatic carbocycles. The number of rotatable bonds is 2. The Kier molecular flexibility index (Phi) is 1.88. The molecule has 2 nitrogen and oxygen atoms in total. The van der Waals surface area contributed by atoms with Crippen LogP contribution in [0.5, 0.6) is 0 Å². The largest absolute Gasteiger partial charge is 0.381 e. The Balaban J connectivity index is 1.99. The molecule has 1 saturated heterocycles. The van der Waals surface area contributed by atoms with E-state index < -0.39 is 0 Å². The van der Waals surface area contributed by atoms with Gasteiger partial charge in [0, 0.05) is 17.8 Å². The maximum absolute atomic E-state index is 5.89. The topological polar surface area (TPSA) is 25.0 Å². The molecule has 2 heterocycles. The van der Waals surface area contributed by atoms with Crippen LogP contribution in [0.2, 0.25) is 5.02 Å². The highest BCUT2D eigenvalue weighted by molar-refractivity contribution is 6.31. The molecule has 0 spiro atoms. The van der Waals surface area contributed by atoms with Crippen molar-refractivity contribution in [2.75, 3.05) is 13.2 Å². The smallest absolute Gasteiger partial charge is 0.0613 e. The third-order valence-electron chi connectivity index (χ3n) is 1.98. The highest BCUT2D eigenvalue weighted by Crippen LogP contribution is 2.21. The lowest BCUT2D eigenvalue weighted by molar-refractivity contribution is -0.0315. The molecule has 0 aliphatic carbocycles. The molecule has 2 rings (SSSR count). The van der Waals surface area contributed by atoms with Gasteiger partial charge in [-0.25, -0.2) is 0 Å². The van der Waals surface area contributed by atoms with Crippen LogP contribution in [0.25, 0.3) is 0 Å². The van der Waals surface area contributed by atoms with E-state index >= 15 is 0 Å². The number of hydrogen-bond acceptors (Lipinski definition) is 1. The molecule has 0 unspecified atom stereocenters. The van der Waals surface area contributed by atoms with E-state index in [-0.39, 0.29) is 0 Å². The van der Waals surface area contributed by atoms with Gasteiger partial charge in [-0.15, -0.1) is 0 Å². The maximum Gasteiger partial charge on any atom is 0.0613 e. The first-order valence-electron chi connectivity index (χ1n) is 3.76. The quantitative estimate of drug-likeness (QED) is 0.722. The predicted octanol–water partition coefficient (Wildman–Crippen LogP) is 1.86. The Bertz CT molecular complexity index is 242. The molecule has 3 heteroatoms. The summed E-state index contributed by atoms with van der Waals surface area (Å²) in [4.78, 5) is 3.12. The van der Waals surface area contributed by atoms with E-state index in [0.717, 1.165) is 30.4 Å². The zero-order chi connectivity index (χ0) is 7.68. The van der Waals surface area contributed by atoms with Crippen molar-refractivity contribution in [2.24, 2.45) is 5.92 Å². The molecule has 0 amide bonds. The molecule has 0 atom stereocenters. The number of aromatic amines is 1. The van der Waals surface area contributed by atoms with Gasteiger partial charge < -0.3 is 9.72 Å². The van der Waals surface area contributed by atoms with Crippen LogP contribution >= 0.6 is 11.6 Å². The summed E-state index contributed by atoms with van der Waals surface area (Å²) in [6.07, 6.45) is 2.89. The molecule has 1 aromatic rings. The van der Waals surface area contributed by atoms with Crippen LogP contribution in [-0.2, 0) is 11.2 Å². The molecule has 11 heavy (non-hydrogen) atoms. The van der Waals surface area contributed by atoms with E-state index in [1.54, 1.807) is 0 Å². The highest BCUT2D eigenvalue weighted by Gasteiger charge is 2.19. The number of H-pyrrole nitrogens is 1. The second-order valence-corrected chi connectivity index (χ2v) is 3.32.